The Morgan fingerprint density at radius 2 is 2.10 bits per heavy atom. The number of aliphatic carboxylic acids is 1. The van der Waals surface area contributed by atoms with Gasteiger partial charge in [0.25, 0.3) is 0 Å². The van der Waals surface area contributed by atoms with E-state index >= 15 is 0 Å². The van der Waals surface area contributed by atoms with Crippen molar-refractivity contribution in [2.45, 2.75) is 31.8 Å². The molecule has 158 valence electrons. The SMILES string of the molecule is O=C(O)Cn1c(=O)n([C@@H]2CCCN(CCc3ccc(Cl)cc3Cl)C2)c2ncccc21. The number of benzene rings is 1. The zero-order valence-corrected chi connectivity index (χ0v) is 17.8. The van der Waals surface area contributed by atoms with E-state index in [1.54, 1.807) is 29.0 Å². The van der Waals surface area contributed by atoms with Crippen molar-refractivity contribution in [2.24, 2.45) is 0 Å². The minimum atomic E-state index is -1.05. The van der Waals surface area contributed by atoms with E-state index in [2.05, 4.69) is 9.88 Å². The van der Waals surface area contributed by atoms with Crippen LogP contribution in [0, 0.1) is 0 Å². The number of imidazole rings is 1. The van der Waals surface area contributed by atoms with Crippen molar-refractivity contribution in [3.05, 3.63) is 62.6 Å². The second-order valence-corrected chi connectivity index (χ2v) is 8.40. The first-order valence-corrected chi connectivity index (χ1v) is 10.6. The van der Waals surface area contributed by atoms with E-state index in [0.717, 1.165) is 37.9 Å². The molecule has 1 aliphatic rings. The van der Waals surface area contributed by atoms with Gasteiger partial charge in [-0.3, -0.25) is 13.9 Å². The van der Waals surface area contributed by atoms with Gasteiger partial charge < -0.3 is 10.0 Å². The number of likely N-dealkylation sites (tertiary alicyclic amines) is 1. The van der Waals surface area contributed by atoms with Crippen LogP contribution in [-0.2, 0) is 17.8 Å². The Labute approximate surface area is 183 Å². The van der Waals surface area contributed by atoms with Crippen molar-refractivity contribution in [1.82, 2.24) is 19.0 Å². The fraction of sp³-hybridized carbons (Fsp3) is 0.381. The molecule has 0 saturated carbocycles. The third-order valence-corrected chi connectivity index (χ3v) is 6.16. The molecule has 0 radical (unpaired) electrons. The molecule has 7 nitrogen and oxygen atoms in total. The van der Waals surface area contributed by atoms with Crippen LogP contribution in [0.3, 0.4) is 0 Å². The summed E-state index contributed by atoms with van der Waals surface area (Å²) in [6.07, 6.45) is 4.22. The Morgan fingerprint density at radius 3 is 2.87 bits per heavy atom. The Hall–Kier alpha value is -2.35. The molecule has 1 aromatic carbocycles. The highest BCUT2D eigenvalue weighted by molar-refractivity contribution is 6.35. The third-order valence-electron chi connectivity index (χ3n) is 5.57. The van der Waals surface area contributed by atoms with Crippen LogP contribution >= 0.6 is 23.2 Å². The first-order chi connectivity index (χ1) is 14.4. The molecule has 1 N–H and O–H groups in total. The lowest BCUT2D eigenvalue weighted by atomic mass is 10.0. The second-order valence-electron chi connectivity index (χ2n) is 7.56. The van der Waals surface area contributed by atoms with Crippen molar-refractivity contribution in [1.29, 1.82) is 0 Å². The Kier molecular flexibility index (Phi) is 6.13. The van der Waals surface area contributed by atoms with Gasteiger partial charge in [-0.15, -0.1) is 0 Å². The summed E-state index contributed by atoms with van der Waals surface area (Å²) in [5, 5.41) is 10.5. The molecule has 0 spiro atoms. The van der Waals surface area contributed by atoms with Crippen LogP contribution in [0.15, 0.2) is 41.3 Å². The molecular formula is C21H22Cl2N4O3. The number of halogens is 2. The number of carboxylic acids is 1. The average Bonchev–Trinajstić information content (AvgIpc) is 2.99. The minimum absolute atomic E-state index is 0.0561. The lowest BCUT2D eigenvalue weighted by Crippen LogP contribution is -2.41. The van der Waals surface area contributed by atoms with Gasteiger partial charge in [-0.25, -0.2) is 9.78 Å². The van der Waals surface area contributed by atoms with Crippen molar-refractivity contribution in [3.63, 3.8) is 0 Å². The maximum atomic E-state index is 13.1. The predicted octanol–water partition coefficient (Wildman–Crippen LogP) is 3.47. The summed E-state index contributed by atoms with van der Waals surface area (Å²) in [6.45, 7) is 2.08. The highest BCUT2D eigenvalue weighted by Crippen LogP contribution is 2.26. The van der Waals surface area contributed by atoms with E-state index in [4.69, 9.17) is 23.2 Å². The lowest BCUT2D eigenvalue weighted by Gasteiger charge is -2.33. The molecular weight excluding hydrogens is 427 g/mol. The van der Waals surface area contributed by atoms with Gasteiger partial charge >= 0.3 is 11.7 Å². The van der Waals surface area contributed by atoms with Crippen molar-refractivity contribution >= 4 is 40.3 Å². The van der Waals surface area contributed by atoms with Gasteiger partial charge in [0.05, 0.1) is 11.6 Å². The zero-order valence-electron chi connectivity index (χ0n) is 16.3. The monoisotopic (exact) mass is 448 g/mol. The van der Waals surface area contributed by atoms with Crippen molar-refractivity contribution in [2.75, 3.05) is 19.6 Å². The van der Waals surface area contributed by atoms with Crippen LogP contribution in [0.1, 0.15) is 24.4 Å². The smallest absolute Gasteiger partial charge is 0.331 e. The highest BCUT2D eigenvalue weighted by atomic mass is 35.5. The molecule has 9 heteroatoms. The maximum Gasteiger partial charge on any atom is 0.331 e. The first-order valence-electron chi connectivity index (χ1n) is 9.88. The molecule has 30 heavy (non-hydrogen) atoms. The average molecular weight is 449 g/mol. The highest BCUT2D eigenvalue weighted by Gasteiger charge is 2.27. The van der Waals surface area contributed by atoms with Crippen LogP contribution in [0.4, 0.5) is 0 Å². The van der Waals surface area contributed by atoms with Gasteiger partial charge in [0.15, 0.2) is 5.65 Å². The van der Waals surface area contributed by atoms with Gasteiger partial charge in [0.1, 0.15) is 6.54 Å². The molecule has 2 aromatic heterocycles. The number of fused-ring (bicyclic) bond motifs is 1. The Morgan fingerprint density at radius 1 is 1.27 bits per heavy atom. The molecule has 3 aromatic rings. The molecule has 3 heterocycles. The van der Waals surface area contributed by atoms with Gasteiger partial charge in [-0.1, -0.05) is 29.3 Å². The third kappa shape index (κ3) is 4.24. The fourth-order valence-electron chi connectivity index (χ4n) is 4.17. The number of rotatable bonds is 6. The summed E-state index contributed by atoms with van der Waals surface area (Å²) in [5.41, 5.74) is 1.81. The topological polar surface area (TPSA) is 80.4 Å². The number of pyridine rings is 1. The van der Waals surface area contributed by atoms with Gasteiger partial charge in [0, 0.05) is 29.3 Å². The minimum Gasteiger partial charge on any atom is -0.480 e. The van der Waals surface area contributed by atoms with E-state index < -0.39 is 5.97 Å². The number of carboxylic acid groups (broad SMARTS) is 1. The number of piperidine rings is 1. The quantitative estimate of drug-likeness (QED) is 0.624. The number of hydrogen-bond donors (Lipinski definition) is 1. The van der Waals surface area contributed by atoms with E-state index in [-0.39, 0.29) is 18.3 Å². The molecule has 1 fully saturated rings. The molecule has 0 unspecified atom stereocenters. The molecule has 4 rings (SSSR count). The summed E-state index contributed by atoms with van der Waals surface area (Å²) in [6, 6.07) is 8.93. The van der Waals surface area contributed by atoms with Crippen molar-refractivity contribution < 1.29 is 9.90 Å². The van der Waals surface area contributed by atoms with Crippen molar-refractivity contribution in [3.8, 4) is 0 Å². The Bertz CT molecular complexity index is 1140. The largest absolute Gasteiger partial charge is 0.480 e. The molecule has 1 aliphatic heterocycles. The number of aromatic nitrogens is 3. The summed E-state index contributed by atoms with van der Waals surface area (Å²) in [4.78, 5) is 31.0. The molecule has 1 saturated heterocycles. The standard InChI is InChI=1S/C21H22Cl2N4O3/c22-15-6-5-14(17(23)11-15)7-10-25-9-2-3-16(12-25)27-20-18(4-1-8-24-20)26(21(27)30)13-19(28)29/h1,4-6,8,11,16H,2-3,7,9-10,12-13H2,(H,28,29)/t16-/m1/s1. The van der Waals surface area contributed by atoms with Gasteiger partial charge in [-0.2, -0.15) is 0 Å². The molecule has 0 aliphatic carbocycles. The van der Waals surface area contributed by atoms with Gasteiger partial charge in [0.2, 0.25) is 0 Å². The van der Waals surface area contributed by atoms with E-state index in [1.807, 2.05) is 12.1 Å². The van der Waals surface area contributed by atoms with Crippen LogP contribution in [0.25, 0.3) is 11.2 Å². The Balaban J connectivity index is 1.56. The summed E-state index contributed by atoms with van der Waals surface area (Å²) >= 11 is 12.3. The normalized spacial score (nSPS) is 17.5. The predicted molar refractivity (Wildman–Crippen MR) is 117 cm³/mol. The summed E-state index contributed by atoms with van der Waals surface area (Å²) < 4.78 is 2.96. The number of nitrogens with zero attached hydrogens (tertiary/aromatic N) is 4. The summed E-state index contributed by atoms with van der Waals surface area (Å²) in [7, 11) is 0. The van der Waals surface area contributed by atoms with Crippen LogP contribution < -0.4 is 5.69 Å². The van der Waals surface area contributed by atoms with Crippen LogP contribution in [-0.4, -0.2) is 49.7 Å². The van der Waals surface area contributed by atoms with E-state index in [0.29, 0.717) is 27.8 Å². The van der Waals surface area contributed by atoms with E-state index in [1.165, 1.54) is 4.57 Å². The van der Waals surface area contributed by atoms with E-state index in [9.17, 15) is 14.7 Å². The maximum absolute atomic E-state index is 13.1. The first kappa shape index (κ1) is 20.9. The number of carbonyl (C=O) groups is 1. The van der Waals surface area contributed by atoms with Gasteiger partial charge in [-0.05, 0) is 55.6 Å². The van der Waals surface area contributed by atoms with Crippen LogP contribution in [0.2, 0.25) is 10.0 Å². The molecule has 0 amide bonds. The zero-order chi connectivity index (χ0) is 21.3. The summed E-state index contributed by atoms with van der Waals surface area (Å²) in [5.74, 6) is -1.05. The number of hydrogen-bond acceptors (Lipinski definition) is 4. The molecule has 1 atom stereocenters. The molecule has 0 bridgehead atoms. The fourth-order valence-corrected chi connectivity index (χ4v) is 4.68. The second kappa shape index (κ2) is 8.79. The lowest BCUT2D eigenvalue weighted by molar-refractivity contribution is -0.137. The van der Waals surface area contributed by atoms with Crippen LogP contribution in [0.5, 0.6) is 0 Å².